The van der Waals surface area contributed by atoms with Crippen LogP contribution < -0.4 is 4.72 Å². The molecule has 0 aromatic carbocycles. The fraction of sp³-hybridized carbons (Fsp3) is 0.286. The molecule has 0 aliphatic carbocycles. The van der Waals surface area contributed by atoms with E-state index in [4.69, 9.17) is 0 Å². The molecule has 2 heterocycles. The summed E-state index contributed by atoms with van der Waals surface area (Å²) in [5.74, 6) is 0.547. The van der Waals surface area contributed by atoms with Crippen molar-refractivity contribution in [2.24, 2.45) is 7.05 Å². The predicted molar refractivity (Wildman–Crippen MR) is 55.1 cm³/mol. The maximum Gasteiger partial charge on any atom is 0.267 e. The summed E-state index contributed by atoms with van der Waals surface area (Å²) in [6.45, 7) is 1.68. The van der Waals surface area contributed by atoms with Crippen molar-refractivity contribution in [2.75, 3.05) is 4.72 Å². The molecule has 0 unspecified atom stereocenters. The van der Waals surface area contributed by atoms with Crippen LogP contribution in [0.4, 0.5) is 5.95 Å². The molecular weight excluding hydrogens is 232 g/mol. The van der Waals surface area contributed by atoms with Gasteiger partial charge < -0.3 is 0 Å². The van der Waals surface area contributed by atoms with Gasteiger partial charge in [0.2, 0.25) is 0 Å². The van der Waals surface area contributed by atoms with Gasteiger partial charge in [0.05, 0.1) is 6.20 Å². The molecule has 0 saturated heterocycles. The van der Waals surface area contributed by atoms with Crippen molar-refractivity contribution in [1.82, 2.24) is 25.0 Å². The zero-order valence-electron chi connectivity index (χ0n) is 8.67. The minimum atomic E-state index is -3.66. The maximum atomic E-state index is 11.8. The second kappa shape index (κ2) is 3.59. The topological polar surface area (TPSA) is 106 Å². The third-order valence-electron chi connectivity index (χ3n) is 1.81. The van der Waals surface area contributed by atoms with Gasteiger partial charge in [-0.15, -0.1) is 5.10 Å². The zero-order valence-corrected chi connectivity index (χ0v) is 9.48. The van der Waals surface area contributed by atoms with Crippen LogP contribution in [-0.2, 0) is 17.1 Å². The summed E-state index contributed by atoms with van der Waals surface area (Å²) in [6, 6.07) is 0. The number of sulfonamides is 1. The summed E-state index contributed by atoms with van der Waals surface area (Å²) >= 11 is 0. The highest BCUT2D eigenvalue weighted by molar-refractivity contribution is 7.92. The van der Waals surface area contributed by atoms with Gasteiger partial charge in [-0.1, -0.05) is 0 Å². The number of nitrogens with zero attached hydrogens (tertiary/aromatic N) is 4. The highest BCUT2D eigenvalue weighted by Crippen LogP contribution is 2.11. The molecule has 2 rings (SSSR count). The van der Waals surface area contributed by atoms with Crippen LogP contribution in [0.1, 0.15) is 5.82 Å². The van der Waals surface area contributed by atoms with E-state index in [1.165, 1.54) is 17.1 Å². The van der Waals surface area contributed by atoms with Crippen LogP contribution in [0.15, 0.2) is 17.3 Å². The molecule has 8 nitrogen and oxygen atoms in total. The molecule has 86 valence electrons. The van der Waals surface area contributed by atoms with Crippen LogP contribution in [0.5, 0.6) is 0 Å². The van der Waals surface area contributed by atoms with Crippen LogP contribution >= 0.6 is 0 Å². The van der Waals surface area contributed by atoms with Crippen LogP contribution in [-0.4, -0.2) is 33.4 Å². The summed E-state index contributed by atoms with van der Waals surface area (Å²) in [7, 11) is -2.02. The first-order valence-corrected chi connectivity index (χ1v) is 5.86. The monoisotopic (exact) mass is 242 g/mol. The van der Waals surface area contributed by atoms with Crippen LogP contribution in [0.2, 0.25) is 0 Å². The van der Waals surface area contributed by atoms with Gasteiger partial charge in [0.1, 0.15) is 10.7 Å². The third kappa shape index (κ3) is 2.03. The molecule has 0 fully saturated rings. The number of aromatic amines is 1. The lowest BCUT2D eigenvalue weighted by Gasteiger charge is -1.99. The minimum absolute atomic E-state index is 0.0151. The Hall–Kier alpha value is -1.90. The lowest BCUT2D eigenvalue weighted by Crippen LogP contribution is -2.13. The van der Waals surface area contributed by atoms with E-state index in [-0.39, 0.29) is 10.8 Å². The van der Waals surface area contributed by atoms with Crippen molar-refractivity contribution in [3.63, 3.8) is 0 Å². The van der Waals surface area contributed by atoms with Gasteiger partial charge in [-0.25, -0.2) is 13.1 Å². The average molecular weight is 242 g/mol. The summed E-state index contributed by atoms with van der Waals surface area (Å²) in [4.78, 5) is 3.91. The highest BCUT2D eigenvalue weighted by atomic mass is 32.2. The van der Waals surface area contributed by atoms with E-state index >= 15 is 0 Å². The molecule has 0 aliphatic rings. The second-order valence-corrected chi connectivity index (χ2v) is 4.88. The molecule has 16 heavy (non-hydrogen) atoms. The van der Waals surface area contributed by atoms with Gasteiger partial charge in [-0.3, -0.25) is 9.78 Å². The van der Waals surface area contributed by atoms with Crippen LogP contribution in [0.3, 0.4) is 0 Å². The SMILES string of the molecule is Cc1nc(NS(=O)(=O)c2cnn(C)c2)n[nH]1. The molecule has 9 heteroatoms. The Balaban J connectivity index is 2.27. The van der Waals surface area contributed by atoms with E-state index in [1.54, 1.807) is 14.0 Å². The van der Waals surface area contributed by atoms with Gasteiger partial charge in [0, 0.05) is 13.2 Å². The van der Waals surface area contributed by atoms with Crippen molar-refractivity contribution in [1.29, 1.82) is 0 Å². The van der Waals surface area contributed by atoms with E-state index < -0.39 is 10.0 Å². The Kier molecular flexibility index (Phi) is 2.38. The van der Waals surface area contributed by atoms with E-state index in [2.05, 4.69) is 25.0 Å². The molecule has 2 N–H and O–H groups in total. The van der Waals surface area contributed by atoms with Crippen molar-refractivity contribution < 1.29 is 8.42 Å². The number of hydrogen-bond acceptors (Lipinski definition) is 5. The molecule has 0 bridgehead atoms. The number of nitrogens with one attached hydrogen (secondary N) is 2. The molecule has 0 amide bonds. The average Bonchev–Trinajstić information content (AvgIpc) is 2.75. The Morgan fingerprint density at radius 1 is 1.50 bits per heavy atom. The molecule has 0 saturated carbocycles. The predicted octanol–water partition coefficient (Wildman–Crippen LogP) is -0.353. The maximum absolute atomic E-state index is 11.8. The fourth-order valence-electron chi connectivity index (χ4n) is 1.11. The summed E-state index contributed by atoms with van der Waals surface area (Å²) < 4.78 is 27.2. The molecule has 0 aliphatic heterocycles. The molecule has 0 radical (unpaired) electrons. The van der Waals surface area contributed by atoms with Gasteiger partial charge in [-0.2, -0.15) is 10.1 Å². The number of rotatable bonds is 3. The van der Waals surface area contributed by atoms with Crippen LogP contribution in [0.25, 0.3) is 0 Å². The Morgan fingerprint density at radius 2 is 2.25 bits per heavy atom. The summed E-state index contributed by atoms with van der Waals surface area (Å²) in [5, 5.41) is 10.00. The molecular formula is C7H10N6O2S. The largest absolute Gasteiger partial charge is 0.274 e. The summed E-state index contributed by atoms with van der Waals surface area (Å²) in [6.07, 6.45) is 2.64. The number of anilines is 1. The Labute approximate surface area is 91.8 Å². The number of hydrogen-bond donors (Lipinski definition) is 2. The summed E-state index contributed by atoms with van der Waals surface area (Å²) in [5.41, 5.74) is 0. The number of aromatic nitrogens is 5. The third-order valence-corrected chi connectivity index (χ3v) is 3.10. The van der Waals surface area contributed by atoms with Gasteiger partial charge in [-0.05, 0) is 6.92 Å². The Morgan fingerprint density at radius 3 is 2.75 bits per heavy atom. The number of H-pyrrole nitrogens is 1. The van der Waals surface area contributed by atoms with Crippen molar-refractivity contribution in [3.8, 4) is 0 Å². The van der Waals surface area contributed by atoms with Crippen LogP contribution in [0, 0.1) is 6.92 Å². The number of aryl methyl sites for hydroxylation is 2. The molecule has 2 aromatic heterocycles. The first-order valence-electron chi connectivity index (χ1n) is 4.38. The first-order chi connectivity index (χ1) is 7.47. The second-order valence-electron chi connectivity index (χ2n) is 3.20. The normalized spacial score (nSPS) is 11.6. The lowest BCUT2D eigenvalue weighted by atomic mass is 10.7. The van der Waals surface area contributed by atoms with E-state index in [1.807, 2.05) is 0 Å². The van der Waals surface area contributed by atoms with Crippen molar-refractivity contribution >= 4 is 16.0 Å². The lowest BCUT2D eigenvalue weighted by molar-refractivity contribution is 0.600. The van der Waals surface area contributed by atoms with Gasteiger partial charge in [0.25, 0.3) is 16.0 Å². The van der Waals surface area contributed by atoms with E-state index in [0.717, 1.165) is 0 Å². The first kappa shape index (κ1) is 10.6. The van der Waals surface area contributed by atoms with E-state index in [0.29, 0.717) is 5.82 Å². The van der Waals surface area contributed by atoms with Crippen molar-refractivity contribution in [2.45, 2.75) is 11.8 Å². The quantitative estimate of drug-likeness (QED) is 0.765. The van der Waals surface area contributed by atoms with Crippen molar-refractivity contribution in [3.05, 3.63) is 18.2 Å². The zero-order chi connectivity index (χ0) is 11.8. The fourth-order valence-corrected chi connectivity index (χ4v) is 2.03. The highest BCUT2D eigenvalue weighted by Gasteiger charge is 2.17. The minimum Gasteiger partial charge on any atom is -0.274 e. The smallest absolute Gasteiger partial charge is 0.267 e. The van der Waals surface area contributed by atoms with Gasteiger partial charge in [0.15, 0.2) is 0 Å². The molecule has 0 spiro atoms. The standard InChI is InChI=1S/C7H10N6O2S/c1-5-9-7(11-10-5)12-16(14,15)6-3-8-13(2)4-6/h3-4H,1-2H3,(H2,9,10,11,12). The molecule has 0 atom stereocenters. The Bertz CT molecular complexity index is 598. The van der Waals surface area contributed by atoms with Gasteiger partial charge >= 0.3 is 0 Å². The van der Waals surface area contributed by atoms with E-state index in [9.17, 15) is 8.42 Å². The molecule has 2 aromatic rings.